The van der Waals surface area contributed by atoms with Crippen LogP contribution in [0.4, 0.5) is 11.4 Å². The minimum absolute atomic E-state index is 0.117. The molecule has 1 aliphatic rings. The Morgan fingerprint density at radius 3 is 2.24 bits per heavy atom. The van der Waals surface area contributed by atoms with Crippen LogP contribution in [0.1, 0.15) is 48.5 Å². The molecular weight excluding hydrogens is 605 g/mol. The number of hydrogen-bond donors (Lipinski definition) is 1. The summed E-state index contributed by atoms with van der Waals surface area (Å²) in [6, 6.07) is 17.4. The summed E-state index contributed by atoms with van der Waals surface area (Å²) in [6.07, 6.45) is 3.92. The number of thiazole rings is 1. The van der Waals surface area contributed by atoms with E-state index >= 15 is 0 Å². The largest absolute Gasteiger partial charge is 0.497 e. The van der Waals surface area contributed by atoms with Crippen LogP contribution in [0.5, 0.6) is 5.75 Å². The molecule has 1 saturated carbocycles. The van der Waals surface area contributed by atoms with Crippen LogP contribution < -0.4 is 15.0 Å². The van der Waals surface area contributed by atoms with Crippen molar-refractivity contribution in [3.8, 4) is 17.0 Å². The Balaban J connectivity index is 1.45. The molecule has 4 aromatic rings. The molecule has 9 nitrogen and oxygen atoms in total. The highest BCUT2D eigenvalue weighted by atomic mass is 32.2. The summed E-state index contributed by atoms with van der Waals surface area (Å²) in [5.74, 6) is 0.598. The van der Waals surface area contributed by atoms with Crippen molar-refractivity contribution in [1.82, 2.24) is 19.9 Å². The van der Waals surface area contributed by atoms with E-state index in [1.54, 1.807) is 12.0 Å². The standard InChI is InChI=1S/C34H40N6O3S2/c1-23-19-24(2)36-33(35-23)45-22-31(41)40(20-30-38-29(21-44-30)25-9-15-28(43-5)16-10-25)34(17-7-6-8-18-34)32(42)37-26-11-13-27(14-12-26)39(3)4/h9-16,19,21H,6-8,17-18,20,22H2,1-5H3,(H,37,42). The molecule has 0 atom stereocenters. The predicted octanol–water partition coefficient (Wildman–Crippen LogP) is 6.75. The van der Waals surface area contributed by atoms with Gasteiger partial charge < -0.3 is 19.9 Å². The van der Waals surface area contributed by atoms with Crippen molar-refractivity contribution >= 4 is 46.3 Å². The highest BCUT2D eigenvalue weighted by molar-refractivity contribution is 7.99. The molecule has 0 bridgehead atoms. The summed E-state index contributed by atoms with van der Waals surface area (Å²) in [5.41, 5.74) is 4.23. The van der Waals surface area contributed by atoms with Crippen LogP contribution in [0.3, 0.4) is 0 Å². The Morgan fingerprint density at radius 2 is 1.62 bits per heavy atom. The summed E-state index contributed by atoms with van der Waals surface area (Å²) in [5, 5.41) is 6.49. The van der Waals surface area contributed by atoms with Crippen LogP contribution in [0.15, 0.2) is 65.1 Å². The van der Waals surface area contributed by atoms with Crippen LogP contribution in [-0.2, 0) is 16.1 Å². The van der Waals surface area contributed by atoms with E-state index in [2.05, 4.69) is 15.3 Å². The van der Waals surface area contributed by atoms with E-state index in [1.807, 2.05) is 92.8 Å². The van der Waals surface area contributed by atoms with Gasteiger partial charge in [-0.1, -0.05) is 31.0 Å². The highest BCUT2D eigenvalue weighted by Crippen LogP contribution is 2.38. The summed E-state index contributed by atoms with van der Waals surface area (Å²) < 4.78 is 5.30. The Kier molecular flexibility index (Phi) is 10.4. The minimum Gasteiger partial charge on any atom is -0.497 e. The summed E-state index contributed by atoms with van der Waals surface area (Å²) in [4.78, 5) is 46.3. The van der Waals surface area contributed by atoms with Gasteiger partial charge in [-0.05, 0) is 81.3 Å². The normalized spacial score (nSPS) is 14.1. The second-order valence-corrected chi connectivity index (χ2v) is 13.4. The average molecular weight is 645 g/mol. The van der Waals surface area contributed by atoms with Gasteiger partial charge in [0.1, 0.15) is 16.3 Å². The smallest absolute Gasteiger partial charge is 0.250 e. The Morgan fingerprint density at radius 1 is 0.956 bits per heavy atom. The molecule has 0 radical (unpaired) electrons. The van der Waals surface area contributed by atoms with E-state index < -0.39 is 5.54 Å². The van der Waals surface area contributed by atoms with Gasteiger partial charge in [0.25, 0.3) is 0 Å². The number of aromatic nitrogens is 3. The number of carbonyl (C=O) groups is 2. The van der Waals surface area contributed by atoms with E-state index in [0.29, 0.717) is 23.7 Å². The van der Waals surface area contributed by atoms with Crippen LogP contribution in [0.25, 0.3) is 11.3 Å². The van der Waals surface area contributed by atoms with Gasteiger partial charge in [-0.25, -0.2) is 15.0 Å². The predicted molar refractivity (Wildman–Crippen MR) is 182 cm³/mol. The molecule has 2 amide bonds. The van der Waals surface area contributed by atoms with E-state index in [4.69, 9.17) is 9.72 Å². The second kappa shape index (κ2) is 14.4. The van der Waals surface area contributed by atoms with Crippen LogP contribution in [0.2, 0.25) is 0 Å². The van der Waals surface area contributed by atoms with Gasteiger partial charge in [0, 0.05) is 47.8 Å². The number of rotatable bonds is 11. The fraction of sp³-hybridized carbons (Fsp3) is 0.382. The number of methoxy groups -OCH3 is 1. The van der Waals surface area contributed by atoms with E-state index in [-0.39, 0.29) is 24.1 Å². The number of ether oxygens (including phenoxy) is 1. The van der Waals surface area contributed by atoms with Crippen molar-refractivity contribution in [3.05, 3.63) is 76.4 Å². The van der Waals surface area contributed by atoms with Gasteiger partial charge in [0.15, 0.2) is 5.16 Å². The molecule has 11 heteroatoms. The lowest BCUT2D eigenvalue weighted by Gasteiger charge is -2.44. The number of carbonyl (C=O) groups excluding carboxylic acids is 2. The maximum absolute atomic E-state index is 14.3. The minimum atomic E-state index is -1.01. The van der Waals surface area contributed by atoms with Crippen molar-refractivity contribution in [2.75, 3.05) is 37.2 Å². The van der Waals surface area contributed by atoms with Gasteiger partial charge in [-0.3, -0.25) is 9.59 Å². The molecule has 5 rings (SSSR count). The van der Waals surface area contributed by atoms with Gasteiger partial charge in [0.2, 0.25) is 11.8 Å². The Bertz CT molecular complexity index is 1600. The number of thioether (sulfide) groups is 1. The molecular formula is C34H40N6O3S2. The molecule has 236 valence electrons. The number of hydrogen-bond acceptors (Lipinski definition) is 9. The summed E-state index contributed by atoms with van der Waals surface area (Å²) in [7, 11) is 5.60. The van der Waals surface area contributed by atoms with E-state index in [0.717, 1.165) is 58.4 Å². The molecule has 0 unspecified atom stereocenters. The molecule has 2 aromatic carbocycles. The molecule has 0 spiro atoms. The second-order valence-electron chi connectivity index (χ2n) is 11.5. The molecule has 0 saturated heterocycles. The fourth-order valence-corrected chi connectivity index (χ4v) is 7.32. The molecule has 1 N–H and O–H groups in total. The zero-order valence-corrected chi connectivity index (χ0v) is 28.1. The van der Waals surface area contributed by atoms with Crippen LogP contribution in [0, 0.1) is 13.8 Å². The van der Waals surface area contributed by atoms with Gasteiger partial charge in [0.05, 0.1) is 25.1 Å². The molecule has 2 aromatic heterocycles. The number of aryl methyl sites for hydroxylation is 2. The zero-order chi connectivity index (χ0) is 32.0. The maximum Gasteiger partial charge on any atom is 0.250 e. The van der Waals surface area contributed by atoms with Crippen molar-refractivity contribution in [1.29, 1.82) is 0 Å². The number of nitrogens with zero attached hydrogens (tertiary/aromatic N) is 5. The third kappa shape index (κ3) is 7.83. The Hall–Kier alpha value is -3.96. The van der Waals surface area contributed by atoms with E-state index in [9.17, 15) is 9.59 Å². The lowest BCUT2D eigenvalue weighted by Crippen LogP contribution is -2.60. The van der Waals surface area contributed by atoms with Crippen molar-refractivity contribution < 1.29 is 14.3 Å². The van der Waals surface area contributed by atoms with Gasteiger partial charge >= 0.3 is 0 Å². The first-order valence-corrected chi connectivity index (χ1v) is 17.0. The maximum atomic E-state index is 14.3. The summed E-state index contributed by atoms with van der Waals surface area (Å²) >= 11 is 2.80. The zero-order valence-electron chi connectivity index (χ0n) is 26.5. The first-order valence-electron chi connectivity index (χ1n) is 15.1. The third-order valence-electron chi connectivity index (χ3n) is 8.08. The number of anilines is 2. The van der Waals surface area contributed by atoms with Crippen molar-refractivity contribution in [2.24, 2.45) is 0 Å². The molecule has 45 heavy (non-hydrogen) atoms. The third-order valence-corrected chi connectivity index (χ3v) is 9.75. The SMILES string of the molecule is COc1ccc(-c2csc(CN(C(=O)CSc3nc(C)cc(C)n3)C3(C(=O)Nc4ccc(N(C)C)cc4)CCCCC3)n2)cc1. The Labute approximate surface area is 273 Å². The first-order chi connectivity index (χ1) is 21.7. The highest BCUT2D eigenvalue weighted by Gasteiger charge is 2.47. The molecule has 1 fully saturated rings. The number of benzene rings is 2. The molecule has 2 heterocycles. The topological polar surface area (TPSA) is 101 Å². The van der Waals surface area contributed by atoms with E-state index in [1.165, 1.54) is 23.1 Å². The van der Waals surface area contributed by atoms with Crippen molar-refractivity contribution in [2.45, 2.75) is 63.2 Å². The molecule has 0 aliphatic heterocycles. The first kappa shape index (κ1) is 32.4. The fourth-order valence-electron chi connectivity index (χ4n) is 5.70. The lowest BCUT2D eigenvalue weighted by molar-refractivity contribution is -0.146. The number of nitrogens with one attached hydrogen (secondary N) is 1. The number of amides is 2. The quantitative estimate of drug-likeness (QED) is 0.141. The molecule has 1 aliphatic carbocycles. The monoisotopic (exact) mass is 644 g/mol. The van der Waals surface area contributed by atoms with Crippen LogP contribution >= 0.6 is 23.1 Å². The van der Waals surface area contributed by atoms with Gasteiger partial charge in [-0.2, -0.15) is 0 Å². The van der Waals surface area contributed by atoms with Gasteiger partial charge in [-0.15, -0.1) is 11.3 Å². The lowest BCUT2D eigenvalue weighted by atomic mass is 9.79. The van der Waals surface area contributed by atoms with Crippen LogP contribution in [-0.4, -0.2) is 64.2 Å². The average Bonchev–Trinajstić information content (AvgIpc) is 3.51. The van der Waals surface area contributed by atoms with Crippen molar-refractivity contribution in [3.63, 3.8) is 0 Å². The summed E-state index contributed by atoms with van der Waals surface area (Å²) in [6.45, 7) is 4.07.